The van der Waals surface area contributed by atoms with Crippen LogP contribution < -0.4 is 10.1 Å². The molecule has 0 saturated heterocycles. The fraction of sp³-hybridized carbons (Fsp3) is 0.0909. The van der Waals surface area contributed by atoms with Crippen molar-refractivity contribution in [2.24, 2.45) is 0 Å². The zero-order valence-electron chi connectivity index (χ0n) is 14.8. The van der Waals surface area contributed by atoms with Crippen molar-refractivity contribution < 1.29 is 13.9 Å². The summed E-state index contributed by atoms with van der Waals surface area (Å²) in [5.41, 5.74) is 2.33. The molecule has 4 nitrogen and oxygen atoms in total. The van der Waals surface area contributed by atoms with Crippen molar-refractivity contribution >= 4 is 12.0 Å². The van der Waals surface area contributed by atoms with E-state index in [1.807, 2.05) is 42.5 Å². The number of hydrogen-bond acceptors (Lipinski definition) is 3. The molecule has 1 heterocycles. The average Bonchev–Trinajstić information content (AvgIpc) is 2.72. The number of nitrogens with one attached hydrogen (secondary N) is 1. The molecule has 0 radical (unpaired) electrons. The van der Waals surface area contributed by atoms with Crippen molar-refractivity contribution in [1.29, 1.82) is 0 Å². The monoisotopic (exact) mass is 362 g/mol. The number of ether oxygens (including phenoxy) is 1. The Bertz CT molecular complexity index is 907. The number of halogens is 1. The maximum atomic E-state index is 13.3. The Balaban J connectivity index is 1.83. The van der Waals surface area contributed by atoms with Crippen LogP contribution in [0.4, 0.5) is 4.39 Å². The second kappa shape index (κ2) is 8.76. The van der Waals surface area contributed by atoms with E-state index in [4.69, 9.17) is 4.74 Å². The third-order valence-electron chi connectivity index (χ3n) is 4.03. The molecule has 1 unspecified atom stereocenters. The van der Waals surface area contributed by atoms with Gasteiger partial charge in [0.2, 0.25) is 5.91 Å². The maximum absolute atomic E-state index is 13.3. The molecule has 5 heteroatoms. The molecule has 0 fully saturated rings. The minimum absolute atomic E-state index is 0.272. The zero-order chi connectivity index (χ0) is 19.1. The summed E-state index contributed by atoms with van der Waals surface area (Å²) in [5.74, 6) is 0.123. The topological polar surface area (TPSA) is 51.2 Å². The first-order chi connectivity index (χ1) is 13.2. The SMILES string of the molecule is COc1ccc(C(NC(=O)C=Cc2ccccn2)c2ccc(F)cc2)cc1. The highest BCUT2D eigenvalue weighted by molar-refractivity contribution is 5.92. The lowest BCUT2D eigenvalue weighted by Crippen LogP contribution is -2.27. The summed E-state index contributed by atoms with van der Waals surface area (Å²) in [5, 5.41) is 2.96. The summed E-state index contributed by atoms with van der Waals surface area (Å²) < 4.78 is 18.5. The highest BCUT2D eigenvalue weighted by atomic mass is 19.1. The van der Waals surface area contributed by atoms with Crippen LogP contribution in [0.15, 0.2) is 79.0 Å². The molecule has 3 aromatic rings. The smallest absolute Gasteiger partial charge is 0.244 e. The summed E-state index contributed by atoms with van der Waals surface area (Å²) in [6.07, 6.45) is 4.74. The van der Waals surface area contributed by atoms with Crippen molar-refractivity contribution in [3.63, 3.8) is 0 Å². The predicted molar refractivity (Wildman–Crippen MR) is 103 cm³/mol. The highest BCUT2D eigenvalue weighted by Gasteiger charge is 2.16. The molecule has 2 aromatic carbocycles. The van der Waals surface area contributed by atoms with Gasteiger partial charge in [0.1, 0.15) is 11.6 Å². The number of hydrogen-bond donors (Lipinski definition) is 1. The molecule has 3 rings (SSSR count). The van der Waals surface area contributed by atoms with Gasteiger partial charge in [-0.3, -0.25) is 9.78 Å². The average molecular weight is 362 g/mol. The summed E-state index contributed by atoms with van der Waals surface area (Å²) in [4.78, 5) is 16.6. The van der Waals surface area contributed by atoms with E-state index in [1.54, 1.807) is 31.5 Å². The maximum Gasteiger partial charge on any atom is 0.244 e. The molecule has 0 aliphatic rings. The molecule has 27 heavy (non-hydrogen) atoms. The molecule has 1 aromatic heterocycles. The van der Waals surface area contributed by atoms with E-state index in [2.05, 4.69) is 10.3 Å². The number of amides is 1. The van der Waals surface area contributed by atoms with Crippen molar-refractivity contribution in [3.8, 4) is 5.75 Å². The lowest BCUT2D eigenvalue weighted by Gasteiger charge is -2.19. The van der Waals surface area contributed by atoms with Gasteiger partial charge in [-0.05, 0) is 53.6 Å². The van der Waals surface area contributed by atoms with E-state index < -0.39 is 6.04 Å². The minimum atomic E-state index is -0.419. The van der Waals surface area contributed by atoms with Crippen LogP contribution in [-0.2, 0) is 4.79 Å². The number of nitrogens with zero attached hydrogens (tertiary/aromatic N) is 1. The van der Waals surface area contributed by atoms with E-state index in [0.29, 0.717) is 5.69 Å². The molecular formula is C22H19FN2O2. The number of benzene rings is 2. The van der Waals surface area contributed by atoms with Gasteiger partial charge in [-0.1, -0.05) is 30.3 Å². The first-order valence-electron chi connectivity index (χ1n) is 8.45. The normalized spacial score (nSPS) is 11.9. The molecule has 1 N–H and O–H groups in total. The molecule has 136 valence electrons. The van der Waals surface area contributed by atoms with Gasteiger partial charge in [0, 0.05) is 12.3 Å². The quantitative estimate of drug-likeness (QED) is 0.670. The Labute approximate surface area is 157 Å². The lowest BCUT2D eigenvalue weighted by atomic mass is 9.98. The summed E-state index contributed by atoms with van der Waals surface area (Å²) in [6, 6.07) is 18.5. The van der Waals surface area contributed by atoms with Gasteiger partial charge in [0.25, 0.3) is 0 Å². The van der Waals surface area contributed by atoms with Crippen molar-refractivity contribution in [2.75, 3.05) is 7.11 Å². The molecule has 0 aliphatic heterocycles. The Hall–Kier alpha value is -3.47. The molecule has 0 aliphatic carbocycles. The van der Waals surface area contributed by atoms with Gasteiger partial charge in [0.15, 0.2) is 0 Å². The molecule has 1 atom stereocenters. The fourth-order valence-corrected chi connectivity index (χ4v) is 2.64. The Kier molecular flexibility index (Phi) is 5.94. The third-order valence-corrected chi connectivity index (χ3v) is 4.03. The fourth-order valence-electron chi connectivity index (χ4n) is 2.64. The van der Waals surface area contributed by atoms with Crippen molar-refractivity contribution in [1.82, 2.24) is 10.3 Å². The number of pyridine rings is 1. The van der Waals surface area contributed by atoms with E-state index >= 15 is 0 Å². The van der Waals surface area contributed by atoms with Crippen LogP contribution in [0, 0.1) is 5.82 Å². The van der Waals surface area contributed by atoms with Gasteiger partial charge in [-0.15, -0.1) is 0 Å². The summed E-state index contributed by atoms with van der Waals surface area (Å²) in [7, 11) is 1.59. The highest BCUT2D eigenvalue weighted by Crippen LogP contribution is 2.24. The van der Waals surface area contributed by atoms with Crippen LogP contribution in [0.1, 0.15) is 22.9 Å². The first-order valence-corrected chi connectivity index (χ1v) is 8.45. The molecule has 1 amide bonds. The van der Waals surface area contributed by atoms with E-state index in [1.165, 1.54) is 18.2 Å². The Morgan fingerprint density at radius 3 is 2.30 bits per heavy atom. The summed E-state index contributed by atoms with van der Waals surface area (Å²) >= 11 is 0. The van der Waals surface area contributed by atoms with Crippen LogP contribution in [0.25, 0.3) is 6.08 Å². The molecule has 0 bridgehead atoms. The Morgan fingerprint density at radius 1 is 1.04 bits per heavy atom. The standard InChI is InChI=1S/C22H19FN2O2/c1-27-20-12-7-17(8-13-20)22(16-5-9-18(23)10-6-16)25-21(26)14-11-19-4-2-3-15-24-19/h2-15,22H,1H3,(H,25,26). The van der Waals surface area contributed by atoms with Crippen LogP contribution >= 0.6 is 0 Å². The molecular weight excluding hydrogens is 343 g/mol. The van der Waals surface area contributed by atoms with E-state index in [9.17, 15) is 9.18 Å². The van der Waals surface area contributed by atoms with Gasteiger partial charge in [0.05, 0.1) is 18.8 Å². The van der Waals surface area contributed by atoms with Crippen LogP contribution in [0.5, 0.6) is 5.75 Å². The number of carbonyl (C=O) groups is 1. The van der Waals surface area contributed by atoms with Crippen LogP contribution in [0.2, 0.25) is 0 Å². The summed E-state index contributed by atoms with van der Waals surface area (Å²) in [6.45, 7) is 0. The van der Waals surface area contributed by atoms with Crippen molar-refractivity contribution in [2.45, 2.75) is 6.04 Å². The van der Waals surface area contributed by atoms with Gasteiger partial charge >= 0.3 is 0 Å². The second-order valence-corrected chi connectivity index (χ2v) is 5.85. The number of carbonyl (C=O) groups excluding carboxylic acids is 1. The molecule has 0 spiro atoms. The van der Waals surface area contributed by atoms with Crippen LogP contribution in [0.3, 0.4) is 0 Å². The predicted octanol–water partition coefficient (Wildman–Crippen LogP) is 4.15. The third kappa shape index (κ3) is 5.01. The lowest BCUT2D eigenvalue weighted by molar-refractivity contribution is -0.116. The Morgan fingerprint density at radius 2 is 1.70 bits per heavy atom. The molecule has 0 saturated carbocycles. The van der Waals surface area contributed by atoms with Gasteiger partial charge < -0.3 is 10.1 Å². The van der Waals surface area contributed by atoms with E-state index in [0.717, 1.165) is 16.9 Å². The number of rotatable bonds is 6. The first kappa shape index (κ1) is 18.3. The zero-order valence-corrected chi connectivity index (χ0v) is 14.8. The van der Waals surface area contributed by atoms with Gasteiger partial charge in [-0.2, -0.15) is 0 Å². The van der Waals surface area contributed by atoms with E-state index in [-0.39, 0.29) is 11.7 Å². The van der Waals surface area contributed by atoms with Gasteiger partial charge in [-0.25, -0.2) is 4.39 Å². The minimum Gasteiger partial charge on any atom is -0.497 e. The van der Waals surface area contributed by atoms with Crippen LogP contribution in [-0.4, -0.2) is 18.0 Å². The largest absolute Gasteiger partial charge is 0.497 e. The number of aromatic nitrogens is 1. The second-order valence-electron chi connectivity index (χ2n) is 5.85. The van der Waals surface area contributed by atoms with Crippen molar-refractivity contribution in [3.05, 3.63) is 102 Å². The number of methoxy groups -OCH3 is 1.